The summed E-state index contributed by atoms with van der Waals surface area (Å²) < 4.78 is 0. The second-order valence-corrected chi connectivity index (χ2v) is 6.30. The molecule has 0 heterocycles. The van der Waals surface area contributed by atoms with E-state index in [0.717, 1.165) is 16.7 Å². The van der Waals surface area contributed by atoms with Gasteiger partial charge in [0.05, 0.1) is 0 Å². The number of thioether (sulfide) groups is 1. The first-order chi connectivity index (χ1) is 8.04. The first kappa shape index (κ1) is 14.9. The number of halogens is 1. The van der Waals surface area contributed by atoms with Crippen LogP contribution in [0.15, 0.2) is 23.1 Å². The molecular weight excluding hydrogens is 250 g/mol. The monoisotopic (exact) mass is 271 g/mol. The smallest absolute Gasteiger partial charge is 0.0464 e. The van der Waals surface area contributed by atoms with E-state index in [0.29, 0.717) is 6.04 Å². The van der Waals surface area contributed by atoms with Crippen LogP contribution in [-0.4, -0.2) is 12.8 Å². The highest BCUT2D eigenvalue weighted by Crippen LogP contribution is 2.29. The van der Waals surface area contributed by atoms with Crippen LogP contribution in [0.3, 0.4) is 0 Å². The van der Waals surface area contributed by atoms with Crippen molar-refractivity contribution in [2.75, 3.05) is 12.8 Å². The fourth-order valence-electron chi connectivity index (χ4n) is 1.52. The van der Waals surface area contributed by atoms with Gasteiger partial charge in [-0.1, -0.05) is 31.5 Å². The Labute approximate surface area is 114 Å². The first-order valence-corrected chi connectivity index (χ1v) is 7.50. The second-order valence-electron chi connectivity index (χ2n) is 4.72. The lowest BCUT2D eigenvalue weighted by Crippen LogP contribution is -2.12. The van der Waals surface area contributed by atoms with E-state index in [-0.39, 0.29) is 0 Å². The van der Waals surface area contributed by atoms with E-state index in [1.54, 1.807) is 0 Å². The molecule has 0 fully saturated rings. The molecule has 1 atom stereocenters. The van der Waals surface area contributed by atoms with E-state index >= 15 is 0 Å². The predicted octanol–water partition coefficient (Wildman–Crippen LogP) is 4.76. The molecule has 0 aliphatic rings. The van der Waals surface area contributed by atoms with Gasteiger partial charge in [0, 0.05) is 16.0 Å². The molecule has 1 aromatic rings. The van der Waals surface area contributed by atoms with Crippen LogP contribution in [0, 0.1) is 5.92 Å². The van der Waals surface area contributed by atoms with Crippen molar-refractivity contribution in [3.8, 4) is 0 Å². The molecule has 0 bridgehead atoms. The molecule has 1 rings (SSSR count). The van der Waals surface area contributed by atoms with Crippen molar-refractivity contribution in [3.63, 3.8) is 0 Å². The van der Waals surface area contributed by atoms with Crippen LogP contribution in [-0.2, 0) is 0 Å². The molecule has 1 nitrogen and oxygen atoms in total. The maximum absolute atomic E-state index is 6.29. The minimum Gasteiger partial charge on any atom is -0.313 e. The lowest BCUT2D eigenvalue weighted by Gasteiger charge is -2.13. The number of rotatable bonds is 6. The summed E-state index contributed by atoms with van der Waals surface area (Å²) in [6.45, 7) is 6.63. The molecule has 17 heavy (non-hydrogen) atoms. The Kier molecular flexibility index (Phi) is 6.39. The molecule has 3 heteroatoms. The molecule has 1 unspecified atom stereocenters. The molecule has 0 amide bonds. The van der Waals surface area contributed by atoms with Gasteiger partial charge in [-0.15, -0.1) is 11.8 Å². The zero-order chi connectivity index (χ0) is 12.8. The van der Waals surface area contributed by atoms with E-state index in [9.17, 15) is 0 Å². The molecule has 0 saturated carbocycles. The highest BCUT2D eigenvalue weighted by Gasteiger charge is 2.08. The minimum absolute atomic E-state index is 0.303. The number of hydrogen-bond acceptors (Lipinski definition) is 2. The SMILES string of the molecule is CNC(C)c1ccc(SCCC(C)C)cc1Cl. The fraction of sp³-hybridized carbons (Fsp3) is 0.571. The summed E-state index contributed by atoms with van der Waals surface area (Å²) in [7, 11) is 1.95. The molecule has 0 aromatic heterocycles. The van der Waals surface area contributed by atoms with Gasteiger partial charge < -0.3 is 5.32 Å². The van der Waals surface area contributed by atoms with Gasteiger partial charge in [-0.3, -0.25) is 0 Å². The molecule has 0 radical (unpaired) electrons. The minimum atomic E-state index is 0.303. The quantitative estimate of drug-likeness (QED) is 0.749. The van der Waals surface area contributed by atoms with Gasteiger partial charge in [-0.2, -0.15) is 0 Å². The summed E-state index contributed by atoms with van der Waals surface area (Å²) in [6, 6.07) is 6.67. The maximum atomic E-state index is 6.29. The molecule has 1 aromatic carbocycles. The Bertz CT molecular complexity index is 352. The standard InChI is InChI=1S/C14H22ClNS/c1-10(2)7-8-17-12-5-6-13(11(3)16-4)14(15)9-12/h5-6,9-11,16H,7-8H2,1-4H3. The Hall–Kier alpha value is -0.180. The van der Waals surface area contributed by atoms with Gasteiger partial charge in [-0.05, 0) is 49.8 Å². The third kappa shape index (κ3) is 4.90. The third-order valence-electron chi connectivity index (χ3n) is 2.84. The summed E-state index contributed by atoms with van der Waals surface area (Å²) in [4.78, 5) is 1.27. The van der Waals surface area contributed by atoms with Crippen LogP contribution < -0.4 is 5.32 Å². The average molecular weight is 272 g/mol. The van der Waals surface area contributed by atoms with Gasteiger partial charge >= 0.3 is 0 Å². The third-order valence-corrected chi connectivity index (χ3v) is 4.19. The van der Waals surface area contributed by atoms with Crippen molar-refractivity contribution in [1.29, 1.82) is 0 Å². The summed E-state index contributed by atoms with van der Waals surface area (Å²) in [5, 5.41) is 4.07. The lowest BCUT2D eigenvalue weighted by atomic mass is 10.1. The fourth-order valence-corrected chi connectivity index (χ4v) is 3.12. The number of hydrogen-bond donors (Lipinski definition) is 1. The molecule has 0 aliphatic heterocycles. The van der Waals surface area contributed by atoms with E-state index in [4.69, 9.17) is 11.6 Å². The summed E-state index contributed by atoms with van der Waals surface area (Å²) in [5.74, 6) is 1.93. The Balaban J connectivity index is 2.62. The zero-order valence-electron chi connectivity index (χ0n) is 11.1. The lowest BCUT2D eigenvalue weighted by molar-refractivity contribution is 0.632. The molecule has 96 valence electrons. The Morgan fingerprint density at radius 2 is 2.00 bits per heavy atom. The maximum Gasteiger partial charge on any atom is 0.0464 e. The van der Waals surface area contributed by atoms with Crippen LogP contribution in [0.5, 0.6) is 0 Å². The number of nitrogens with one attached hydrogen (secondary N) is 1. The van der Waals surface area contributed by atoms with Gasteiger partial charge in [0.15, 0.2) is 0 Å². The van der Waals surface area contributed by atoms with Crippen molar-refractivity contribution in [2.24, 2.45) is 5.92 Å². The van der Waals surface area contributed by atoms with E-state index in [1.807, 2.05) is 18.8 Å². The normalized spacial score (nSPS) is 13.1. The van der Waals surface area contributed by atoms with Crippen molar-refractivity contribution >= 4 is 23.4 Å². The molecule has 0 spiro atoms. The predicted molar refractivity (Wildman–Crippen MR) is 79.1 cm³/mol. The zero-order valence-corrected chi connectivity index (χ0v) is 12.7. The average Bonchev–Trinajstić information content (AvgIpc) is 2.28. The molecule has 0 saturated heterocycles. The highest BCUT2D eigenvalue weighted by molar-refractivity contribution is 7.99. The highest BCUT2D eigenvalue weighted by atomic mass is 35.5. The Morgan fingerprint density at radius 3 is 2.53 bits per heavy atom. The van der Waals surface area contributed by atoms with E-state index < -0.39 is 0 Å². The van der Waals surface area contributed by atoms with Crippen molar-refractivity contribution in [2.45, 2.75) is 38.1 Å². The topological polar surface area (TPSA) is 12.0 Å². The molecular formula is C14H22ClNS. The van der Waals surface area contributed by atoms with Gasteiger partial charge in [0.2, 0.25) is 0 Å². The summed E-state index contributed by atoms with van der Waals surface area (Å²) in [6.07, 6.45) is 1.25. The largest absolute Gasteiger partial charge is 0.313 e. The number of benzene rings is 1. The van der Waals surface area contributed by atoms with Crippen molar-refractivity contribution in [1.82, 2.24) is 5.32 Å². The Morgan fingerprint density at radius 1 is 1.29 bits per heavy atom. The van der Waals surface area contributed by atoms with Crippen LogP contribution in [0.25, 0.3) is 0 Å². The summed E-state index contributed by atoms with van der Waals surface area (Å²) >= 11 is 8.18. The van der Waals surface area contributed by atoms with Gasteiger partial charge in [0.25, 0.3) is 0 Å². The van der Waals surface area contributed by atoms with Crippen LogP contribution in [0.2, 0.25) is 5.02 Å². The van der Waals surface area contributed by atoms with Crippen molar-refractivity contribution in [3.05, 3.63) is 28.8 Å². The van der Waals surface area contributed by atoms with Crippen LogP contribution in [0.1, 0.15) is 38.8 Å². The molecule has 0 aliphatic carbocycles. The van der Waals surface area contributed by atoms with E-state index in [2.05, 4.69) is 44.3 Å². The first-order valence-electron chi connectivity index (χ1n) is 6.14. The molecule has 1 N–H and O–H groups in total. The van der Waals surface area contributed by atoms with Crippen LogP contribution >= 0.6 is 23.4 Å². The second kappa shape index (κ2) is 7.30. The van der Waals surface area contributed by atoms with Crippen molar-refractivity contribution < 1.29 is 0 Å². The van der Waals surface area contributed by atoms with Gasteiger partial charge in [0.1, 0.15) is 0 Å². The van der Waals surface area contributed by atoms with Crippen LogP contribution in [0.4, 0.5) is 0 Å². The summed E-state index contributed by atoms with van der Waals surface area (Å²) in [5.41, 5.74) is 1.17. The van der Waals surface area contributed by atoms with Gasteiger partial charge in [-0.25, -0.2) is 0 Å². The van der Waals surface area contributed by atoms with E-state index in [1.165, 1.54) is 16.9 Å².